The van der Waals surface area contributed by atoms with E-state index in [2.05, 4.69) is 4.74 Å². The summed E-state index contributed by atoms with van der Waals surface area (Å²) in [6.07, 6.45) is -0.383. The van der Waals surface area contributed by atoms with Gasteiger partial charge in [-0.2, -0.15) is 0 Å². The Labute approximate surface area is 107 Å². The van der Waals surface area contributed by atoms with Crippen molar-refractivity contribution in [2.24, 2.45) is 0 Å². The molecule has 0 saturated heterocycles. The smallest absolute Gasteiger partial charge is 0.306 e. The predicted molar refractivity (Wildman–Crippen MR) is 62.2 cm³/mol. The number of carbonyl (C=O) groups excluding carboxylic acids is 2. The first kappa shape index (κ1) is 14.6. The maximum Gasteiger partial charge on any atom is 0.306 e. The van der Waals surface area contributed by atoms with E-state index in [-0.39, 0.29) is 11.3 Å². The third-order valence-corrected chi connectivity index (χ3v) is 4.00. The molecule has 1 aromatic heterocycles. The highest BCUT2D eigenvalue weighted by Gasteiger charge is 2.20. The molecular formula is C9H10FNO5S2. The van der Waals surface area contributed by atoms with Gasteiger partial charge in [0.25, 0.3) is 5.91 Å². The van der Waals surface area contributed by atoms with Crippen LogP contribution < -0.4 is 4.72 Å². The number of carbonyl (C=O) groups is 2. The van der Waals surface area contributed by atoms with Crippen LogP contribution in [0.25, 0.3) is 0 Å². The van der Waals surface area contributed by atoms with Gasteiger partial charge < -0.3 is 4.74 Å². The van der Waals surface area contributed by atoms with E-state index < -0.39 is 33.5 Å². The number of nitrogens with one attached hydrogen (secondary N) is 1. The molecule has 0 aliphatic heterocycles. The number of hydrogen-bond donors (Lipinski definition) is 1. The molecular weight excluding hydrogens is 285 g/mol. The summed E-state index contributed by atoms with van der Waals surface area (Å²) in [5.74, 6) is -3.15. The summed E-state index contributed by atoms with van der Waals surface area (Å²) in [4.78, 5) is 21.9. The van der Waals surface area contributed by atoms with Gasteiger partial charge >= 0.3 is 5.97 Å². The Balaban J connectivity index is 2.64. The van der Waals surface area contributed by atoms with Crippen LogP contribution in [0.4, 0.5) is 4.39 Å². The van der Waals surface area contributed by atoms with E-state index in [0.29, 0.717) is 0 Å². The molecule has 0 radical (unpaired) electrons. The van der Waals surface area contributed by atoms with Crippen molar-refractivity contribution in [1.29, 1.82) is 0 Å². The minimum Gasteiger partial charge on any atom is -0.469 e. The number of sulfonamides is 1. The Kier molecular flexibility index (Phi) is 4.79. The van der Waals surface area contributed by atoms with Crippen molar-refractivity contribution in [3.05, 3.63) is 22.1 Å². The Hall–Kier alpha value is -1.48. The molecule has 0 bridgehead atoms. The first-order valence-corrected chi connectivity index (χ1v) is 7.23. The average molecular weight is 295 g/mol. The second kappa shape index (κ2) is 5.91. The molecule has 0 aliphatic carbocycles. The zero-order valence-electron chi connectivity index (χ0n) is 9.30. The van der Waals surface area contributed by atoms with Crippen LogP contribution in [0.1, 0.15) is 16.1 Å². The molecule has 0 spiro atoms. The fourth-order valence-corrected chi connectivity index (χ4v) is 2.66. The van der Waals surface area contributed by atoms with Gasteiger partial charge in [0, 0.05) is 0 Å². The first-order valence-electron chi connectivity index (χ1n) is 4.70. The third-order valence-electron chi connectivity index (χ3n) is 1.87. The van der Waals surface area contributed by atoms with Crippen molar-refractivity contribution in [3.8, 4) is 0 Å². The van der Waals surface area contributed by atoms with Crippen molar-refractivity contribution in [2.75, 3.05) is 12.9 Å². The van der Waals surface area contributed by atoms with Crippen LogP contribution in [0, 0.1) is 5.82 Å². The molecule has 0 saturated carbocycles. The van der Waals surface area contributed by atoms with Gasteiger partial charge in [0.1, 0.15) is 10.7 Å². The van der Waals surface area contributed by atoms with Gasteiger partial charge in [0.2, 0.25) is 10.0 Å². The largest absolute Gasteiger partial charge is 0.469 e. The minimum absolute atomic E-state index is 0.323. The van der Waals surface area contributed by atoms with Crippen molar-refractivity contribution in [1.82, 2.24) is 4.72 Å². The highest BCUT2D eigenvalue weighted by Crippen LogP contribution is 2.14. The highest BCUT2D eigenvalue weighted by molar-refractivity contribution is 7.90. The Bertz CT molecular complexity index is 551. The summed E-state index contributed by atoms with van der Waals surface area (Å²) < 4.78 is 41.8. The number of halogens is 1. The second-order valence-corrected chi connectivity index (χ2v) is 5.93. The molecule has 0 aromatic carbocycles. The standard InChI is InChI=1S/C9H10FNO5S2/c1-16-7(12)3-5-18(14,15)11-9(13)8-6(10)2-4-17-8/h2,4H,3,5H2,1H3,(H,11,13). The molecule has 0 fully saturated rings. The molecule has 1 heterocycles. The van der Waals surface area contributed by atoms with Gasteiger partial charge in [-0.15, -0.1) is 11.3 Å². The first-order chi connectivity index (χ1) is 8.35. The lowest BCUT2D eigenvalue weighted by Gasteiger charge is -2.05. The lowest BCUT2D eigenvalue weighted by molar-refractivity contribution is -0.140. The van der Waals surface area contributed by atoms with Gasteiger partial charge in [-0.05, 0) is 11.4 Å². The Morgan fingerprint density at radius 1 is 1.50 bits per heavy atom. The van der Waals surface area contributed by atoms with Crippen molar-refractivity contribution >= 4 is 33.2 Å². The number of methoxy groups -OCH3 is 1. The van der Waals surface area contributed by atoms with E-state index in [1.807, 2.05) is 0 Å². The minimum atomic E-state index is -3.99. The van der Waals surface area contributed by atoms with Gasteiger partial charge in [-0.1, -0.05) is 0 Å². The summed E-state index contributed by atoms with van der Waals surface area (Å²) in [5.41, 5.74) is 0. The third kappa shape index (κ3) is 4.08. The quantitative estimate of drug-likeness (QED) is 0.799. The maximum atomic E-state index is 13.0. The van der Waals surface area contributed by atoms with E-state index >= 15 is 0 Å². The van der Waals surface area contributed by atoms with Crippen LogP contribution in [0.3, 0.4) is 0 Å². The molecule has 1 rings (SSSR count). The van der Waals surface area contributed by atoms with E-state index in [1.54, 1.807) is 4.72 Å². The lowest BCUT2D eigenvalue weighted by atomic mass is 10.4. The molecule has 1 amide bonds. The number of hydrogen-bond acceptors (Lipinski definition) is 6. The van der Waals surface area contributed by atoms with E-state index in [4.69, 9.17) is 0 Å². The monoisotopic (exact) mass is 295 g/mol. The average Bonchev–Trinajstić information content (AvgIpc) is 2.72. The van der Waals surface area contributed by atoms with Crippen molar-refractivity contribution in [3.63, 3.8) is 0 Å². The van der Waals surface area contributed by atoms with E-state index in [0.717, 1.165) is 24.5 Å². The fraction of sp³-hybridized carbons (Fsp3) is 0.333. The summed E-state index contributed by atoms with van der Waals surface area (Å²) >= 11 is 0.784. The molecule has 18 heavy (non-hydrogen) atoms. The normalized spacial score (nSPS) is 11.0. The van der Waals surface area contributed by atoms with Crippen LogP contribution in [-0.2, 0) is 19.6 Å². The summed E-state index contributed by atoms with van der Waals surface area (Å²) in [5, 5.41) is 1.32. The molecule has 100 valence electrons. The lowest BCUT2D eigenvalue weighted by Crippen LogP contribution is -2.33. The van der Waals surface area contributed by atoms with Crippen LogP contribution in [0.5, 0.6) is 0 Å². The SMILES string of the molecule is COC(=O)CCS(=O)(=O)NC(=O)c1sccc1F. The number of ether oxygens (including phenoxy) is 1. The number of thiophene rings is 1. The van der Waals surface area contributed by atoms with Gasteiger partial charge in [-0.3, -0.25) is 9.59 Å². The Morgan fingerprint density at radius 3 is 2.67 bits per heavy atom. The fourth-order valence-electron chi connectivity index (χ4n) is 1.01. The molecule has 6 nitrogen and oxygen atoms in total. The summed E-state index contributed by atoms with van der Waals surface area (Å²) in [7, 11) is -2.87. The second-order valence-electron chi connectivity index (χ2n) is 3.17. The Morgan fingerprint density at radius 2 is 2.17 bits per heavy atom. The molecule has 9 heteroatoms. The zero-order chi connectivity index (χ0) is 13.8. The van der Waals surface area contributed by atoms with Crippen LogP contribution in [-0.4, -0.2) is 33.2 Å². The van der Waals surface area contributed by atoms with Crippen LogP contribution in [0.2, 0.25) is 0 Å². The van der Waals surface area contributed by atoms with Crippen LogP contribution >= 0.6 is 11.3 Å². The van der Waals surface area contributed by atoms with Crippen molar-refractivity contribution in [2.45, 2.75) is 6.42 Å². The summed E-state index contributed by atoms with van der Waals surface area (Å²) in [6, 6.07) is 1.06. The molecule has 0 unspecified atom stereocenters. The maximum absolute atomic E-state index is 13.0. The topological polar surface area (TPSA) is 89.5 Å². The van der Waals surface area contributed by atoms with Gasteiger partial charge in [0.05, 0.1) is 19.3 Å². The number of rotatable bonds is 5. The highest BCUT2D eigenvalue weighted by atomic mass is 32.2. The zero-order valence-corrected chi connectivity index (χ0v) is 10.9. The van der Waals surface area contributed by atoms with Gasteiger partial charge in [-0.25, -0.2) is 17.5 Å². The number of esters is 1. The molecule has 0 aliphatic rings. The van der Waals surface area contributed by atoms with Crippen molar-refractivity contribution < 1.29 is 27.1 Å². The number of amides is 1. The predicted octanol–water partition coefficient (Wildman–Crippen LogP) is 0.510. The van der Waals surface area contributed by atoms with Gasteiger partial charge in [0.15, 0.2) is 0 Å². The molecule has 1 aromatic rings. The van der Waals surface area contributed by atoms with E-state index in [9.17, 15) is 22.4 Å². The molecule has 0 atom stereocenters. The summed E-state index contributed by atoms with van der Waals surface area (Å²) in [6.45, 7) is 0. The molecule has 1 N–H and O–H groups in total. The van der Waals surface area contributed by atoms with E-state index in [1.165, 1.54) is 5.38 Å². The van der Waals surface area contributed by atoms with Crippen LogP contribution in [0.15, 0.2) is 11.4 Å².